The molecule has 1 N–H and O–H groups in total. The molecule has 1 aromatic carbocycles. The summed E-state index contributed by atoms with van der Waals surface area (Å²) in [6, 6.07) is 8.32. The Morgan fingerprint density at radius 1 is 1.56 bits per heavy atom. The van der Waals surface area contributed by atoms with Crippen molar-refractivity contribution in [2.75, 3.05) is 13.2 Å². The predicted molar refractivity (Wildman–Crippen MR) is 66.8 cm³/mol. The minimum absolute atomic E-state index is 0.322. The van der Waals surface area contributed by atoms with Gasteiger partial charge in [-0.05, 0) is 37.5 Å². The van der Waals surface area contributed by atoms with Crippen molar-refractivity contribution in [3.05, 3.63) is 34.9 Å². The van der Waals surface area contributed by atoms with Crippen molar-refractivity contribution in [1.82, 2.24) is 5.32 Å². The minimum Gasteiger partial charge on any atom is -0.377 e. The van der Waals surface area contributed by atoms with Crippen LogP contribution in [-0.2, 0) is 4.74 Å². The van der Waals surface area contributed by atoms with Crippen LogP contribution in [0.1, 0.15) is 31.4 Å². The first-order valence-electron chi connectivity index (χ1n) is 5.86. The lowest BCUT2D eigenvalue weighted by Gasteiger charge is -2.17. The Kier molecular flexibility index (Phi) is 4.22. The normalized spacial score (nSPS) is 22.2. The predicted octanol–water partition coefficient (Wildman–Crippen LogP) is 3.17. The summed E-state index contributed by atoms with van der Waals surface area (Å²) in [7, 11) is 0. The van der Waals surface area contributed by atoms with Crippen molar-refractivity contribution in [1.29, 1.82) is 0 Å². The van der Waals surface area contributed by atoms with Crippen LogP contribution in [0.5, 0.6) is 0 Å². The third-order valence-corrected chi connectivity index (χ3v) is 3.26. The molecule has 1 saturated heterocycles. The molecular formula is C13H18ClNO. The Balaban J connectivity index is 1.85. The molecule has 2 rings (SSSR count). The van der Waals surface area contributed by atoms with Crippen molar-refractivity contribution in [2.24, 2.45) is 0 Å². The van der Waals surface area contributed by atoms with Crippen LogP contribution in [-0.4, -0.2) is 19.3 Å². The number of halogens is 1. The summed E-state index contributed by atoms with van der Waals surface area (Å²) in [5, 5.41) is 4.28. The van der Waals surface area contributed by atoms with Crippen molar-refractivity contribution in [2.45, 2.75) is 31.9 Å². The summed E-state index contributed by atoms with van der Waals surface area (Å²) in [6.07, 6.45) is 2.76. The molecule has 0 aromatic heterocycles. The van der Waals surface area contributed by atoms with E-state index in [-0.39, 0.29) is 0 Å². The molecular weight excluding hydrogens is 222 g/mol. The van der Waals surface area contributed by atoms with Gasteiger partial charge in [0.1, 0.15) is 0 Å². The zero-order valence-corrected chi connectivity index (χ0v) is 10.3. The maximum Gasteiger partial charge on any atom is 0.0700 e. The second-order valence-corrected chi connectivity index (χ2v) is 4.76. The summed E-state index contributed by atoms with van der Waals surface area (Å²) in [4.78, 5) is 0. The molecule has 0 bridgehead atoms. The van der Waals surface area contributed by atoms with Crippen molar-refractivity contribution in [3.8, 4) is 0 Å². The molecule has 0 saturated carbocycles. The third kappa shape index (κ3) is 3.21. The van der Waals surface area contributed by atoms with E-state index >= 15 is 0 Å². The van der Waals surface area contributed by atoms with Gasteiger partial charge in [-0.2, -0.15) is 0 Å². The highest BCUT2D eigenvalue weighted by Crippen LogP contribution is 2.18. The lowest BCUT2D eigenvalue weighted by atomic mass is 10.1. The van der Waals surface area contributed by atoms with E-state index in [0.29, 0.717) is 12.1 Å². The second-order valence-electron chi connectivity index (χ2n) is 4.32. The monoisotopic (exact) mass is 239 g/mol. The Morgan fingerprint density at radius 3 is 3.12 bits per heavy atom. The maximum atomic E-state index is 5.96. The van der Waals surface area contributed by atoms with Gasteiger partial charge in [0.25, 0.3) is 0 Å². The van der Waals surface area contributed by atoms with Crippen molar-refractivity contribution >= 4 is 11.6 Å². The van der Waals surface area contributed by atoms with E-state index in [9.17, 15) is 0 Å². The van der Waals surface area contributed by atoms with Gasteiger partial charge >= 0.3 is 0 Å². The van der Waals surface area contributed by atoms with E-state index < -0.39 is 0 Å². The second kappa shape index (κ2) is 5.67. The zero-order chi connectivity index (χ0) is 11.4. The molecule has 2 nitrogen and oxygen atoms in total. The van der Waals surface area contributed by atoms with Gasteiger partial charge in [-0.1, -0.05) is 23.7 Å². The molecule has 0 aliphatic carbocycles. The highest BCUT2D eigenvalue weighted by atomic mass is 35.5. The van der Waals surface area contributed by atoms with Crippen molar-refractivity contribution < 1.29 is 4.74 Å². The van der Waals surface area contributed by atoms with Gasteiger partial charge in [0.2, 0.25) is 0 Å². The molecule has 2 atom stereocenters. The molecule has 1 aromatic rings. The van der Waals surface area contributed by atoms with Gasteiger partial charge in [-0.3, -0.25) is 0 Å². The van der Waals surface area contributed by atoms with Crippen LogP contribution < -0.4 is 5.32 Å². The van der Waals surface area contributed by atoms with Crippen LogP contribution in [0.3, 0.4) is 0 Å². The van der Waals surface area contributed by atoms with E-state index in [1.807, 2.05) is 18.2 Å². The molecule has 1 aliphatic rings. The van der Waals surface area contributed by atoms with Gasteiger partial charge in [0, 0.05) is 24.2 Å². The van der Waals surface area contributed by atoms with Gasteiger partial charge in [-0.25, -0.2) is 0 Å². The van der Waals surface area contributed by atoms with E-state index in [0.717, 1.165) is 18.2 Å². The van der Waals surface area contributed by atoms with Crippen LogP contribution >= 0.6 is 11.6 Å². The fraction of sp³-hybridized carbons (Fsp3) is 0.538. The minimum atomic E-state index is 0.322. The maximum absolute atomic E-state index is 5.96. The van der Waals surface area contributed by atoms with Gasteiger partial charge in [0.05, 0.1) is 6.10 Å². The molecule has 16 heavy (non-hydrogen) atoms. The Bertz CT molecular complexity index is 336. The van der Waals surface area contributed by atoms with Crippen LogP contribution in [0, 0.1) is 0 Å². The SMILES string of the molecule is C[C@@H](NCC1CCCO1)c1cccc(Cl)c1. The summed E-state index contributed by atoms with van der Waals surface area (Å²) in [5.41, 5.74) is 1.23. The molecule has 3 heteroatoms. The fourth-order valence-electron chi connectivity index (χ4n) is 2.01. The molecule has 88 valence electrons. The number of rotatable bonds is 4. The first kappa shape index (κ1) is 11.9. The molecule has 1 unspecified atom stereocenters. The Labute approximate surface area is 102 Å². The van der Waals surface area contributed by atoms with E-state index in [1.165, 1.54) is 18.4 Å². The molecule has 1 aliphatic heterocycles. The molecule has 1 fully saturated rings. The van der Waals surface area contributed by atoms with Gasteiger partial charge < -0.3 is 10.1 Å². The Morgan fingerprint density at radius 2 is 2.44 bits per heavy atom. The third-order valence-electron chi connectivity index (χ3n) is 3.02. The topological polar surface area (TPSA) is 21.3 Å². The van der Waals surface area contributed by atoms with Crippen LogP contribution in [0.4, 0.5) is 0 Å². The summed E-state index contributed by atoms with van der Waals surface area (Å²) in [5.74, 6) is 0. The van der Waals surface area contributed by atoms with Crippen LogP contribution in [0.25, 0.3) is 0 Å². The molecule has 0 amide bonds. The average molecular weight is 240 g/mol. The van der Waals surface area contributed by atoms with E-state index in [1.54, 1.807) is 0 Å². The average Bonchev–Trinajstić information content (AvgIpc) is 2.78. The first-order chi connectivity index (χ1) is 7.75. The molecule has 0 radical (unpaired) electrons. The largest absolute Gasteiger partial charge is 0.377 e. The number of ether oxygens (including phenoxy) is 1. The lowest BCUT2D eigenvalue weighted by molar-refractivity contribution is 0.108. The Hall–Kier alpha value is -0.570. The van der Waals surface area contributed by atoms with Crippen LogP contribution in [0.15, 0.2) is 24.3 Å². The van der Waals surface area contributed by atoms with E-state index in [4.69, 9.17) is 16.3 Å². The smallest absolute Gasteiger partial charge is 0.0700 e. The van der Waals surface area contributed by atoms with Crippen molar-refractivity contribution in [3.63, 3.8) is 0 Å². The quantitative estimate of drug-likeness (QED) is 0.872. The van der Waals surface area contributed by atoms with Gasteiger partial charge in [-0.15, -0.1) is 0 Å². The van der Waals surface area contributed by atoms with E-state index in [2.05, 4.69) is 18.3 Å². The highest BCUT2D eigenvalue weighted by molar-refractivity contribution is 6.30. The number of hydrogen-bond acceptors (Lipinski definition) is 2. The van der Waals surface area contributed by atoms with Gasteiger partial charge in [0.15, 0.2) is 0 Å². The summed E-state index contributed by atoms with van der Waals surface area (Å²) < 4.78 is 5.57. The standard InChI is InChI=1S/C13H18ClNO/c1-10(11-4-2-5-12(14)8-11)15-9-13-6-3-7-16-13/h2,4-5,8,10,13,15H,3,6-7,9H2,1H3/t10-,13?/m1/s1. The number of benzene rings is 1. The molecule has 1 heterocycles. The number of nitrogens with one attached hydrogen (secondary N) is 1. The lowest BCUT2D eigenvalue weighted by Crippen LogP contribution is -2.28. The summed E-state index contributed by atoms with van der Waals surface area (Å²) >= 11 is 5.96. The first-order valence-corrected chi connectivity index (χ1v) is 6.24. The fourth-order valence-corrected chi connectivity index (χ4v) is 2.21. The number of hydrogen-bond donors (Lipinski definition) is 1. The van der Waals surface area contributed by atoms with Crippen LogP contribution in [0.2, 0.25) is 5.02 Å². The zero-order valence-electron chi connectivity index (χ0n) is 9.58. The molecule has 0 spiro atoms. The summed E-state index contributed by atoms with van der Waals surface area (Å²) in [6.45, 7) is 3.99. The highest BCUT2D eigenvalue weighted by Gasteiger charge is 2.16.